The third-order valence-electron chi connectivity index (χ3n) is 2.40. The zero-order valence-corrected chi connectivity index (χ0v) is 9.26. The highest BCUT2D eigenvalue weighted by Crippen LogP contribution is 2.25. The molecule has 0 heterocycles. The van der Waals surface area contributed by atoms with Crippen molar-refractivity contribution < 1.29 is 4.74 Å². The lowest BCUT2D eigenvalue weighted by molar-refractivity contribution is 0.339. The van der Waals surface area contributed by atoms with Crippen molar-refractivity contribution in [3.63, 3.8) is 0 Å². The first-order valence-electron chi connectivity index (χ1n) is 5.26. The third-order valence-corrected chi connectivity index (χ3v) is 2.40. The minimum absolute atomic E-state index is 0.705. The molecule has 2 N–H and O–H groups in total. The van der Waals surface area contributed by atoms with Crippen molar-refractivity contribution in [2.45, 2.75) is 33.6 Å². The van der Waals surface area contributed by atoms with Crippen LogP contribution in [-0.4, -0.2) is 6.61 Å². The van der Waals surface area contributed by atoms with E-state index in [0.717, 1.165) is 24.3 Å². The Morgan fingerprint density at radius 1 is 1.07 bits per heavy atom. The number of aryl methyl sites for hydroxylation is 2. The molecule has 0 aromatic heterocycles. The molecule has 2 nitrogen and oxygen atoms in total. The zero-order chi connectivity index (χ0) is 10.6. The molecule has 0 aliphatic carbocycles. The molecule has 0 atom stereocenters. The molecule has 2 heteroatoms. The number of nitrogen functional groups attached to an aromatic ring is 1. The van der Waals surface area contributed by atoms with E-state index in [4.69, 9.17) is 10.5 Å². The van der Waals surface area contributed by atoms with Crippen molar-refractivity contribution in [2.75, 3.05) is 12.3 Å². The summed E-state index contributed by atoms with van der Waals surface area (Å²) >= 11 is 0. The maximum atomic E-state index is 6.01. The van der Waals surface area contributed by atoms with Crippen molar-refractivity contribution in [3.05, 3.63) is 23.3 Å². The van der Waals surface area contributed by atoms with Crippen LogP contribution in [0.25, 0.3) is 0 Å². The lowest BCUT2D eigenvalue weighted by Crippen LogP contribution is -2.01. The van der Waals surface area contributed by atoms with Crippen LogP contribution in [0, 0.1) is 0 Å². The van der Waals surface area contributed by atoms with Crippen molar-refractivity contribution in [1.82, 2.24) is 0 Å². The molecular weight excluding hydrogens is 174 g/mol. The lowest BCUT2D eigenvalue weighted by atomic mass is 10.0. The van der Waals surface area contributed by atoms with E-state index in [0.29, 0.717) is 6.61 Å². The van der Waals surface area contributed by atoms with E-state index in [1.807, 2.05) is 19.1 Å². The molecule has 0 fully saturated rings. The third kappa shape index (κ3) is 2.19. The van der Waals surface area contributed by atoms with Gasteiger partial charge in [0.05, 0.1) is 6.61 Å². The lowest BCUT2D eigenvalue weighted by Gasteiger charge is -2.12. The van der Waals surface area contributed by atoms with Crippen molar-refractivity contribution in [1.29, 1.82) is 0 Å². The van der Waals surface area contributed by atoms with E-state index < -0.39 is 0 Å². The Hall–Kier alpha value is -1.18. The second-order valence-electron chi connectivity index (χ2n) is 3.30. The Labute approximate surface area is 86.1 Å². The smallest absolute Gasteiger partial charge is 0.119 e. The van der Waals surface area contributed by atoms with E-state index in [2.05, 4.69) is 13.8 Å². The standard InChI is InChI=1S/C12H19NO/c1-4-9-7-11(14-6-3)8-10(5-2)12(9)13/h7-8H,4-6,13H2,1-3H3. The second kappa shape index (κ2) is 4.89. The van der Waals surface area contributed by atoms with Gasteiger partial charge in [-0.15, -0.1) is 0 Å². The van der Waals surface area contributed by atoms with Gasteiger partial charge in [0.25, 0.3) is 0 Å². The van der Waals surface area contributed by atoms with E-state index in [-0.39, 0.29) is 0 Å². The van der Waals surface area contributed by atoms with Crippen LogP contribution in [0.1, 0.15) is 31.9 Å². The monoisotopic (exact) mass is 193 g/mol. The van der Waals surface area contributed by atoms with Crippen LogP contribution in [0.2, 0.25) is 0 Å². The summed E-state index contributed by atoms with van der Waals surface area (Å²) in [5, 5.41) is 0. The molecule has 1 rings (SSSR count). The molecule has 0 amide bonds. The summed E-state index contributed by atoms with van der Waals surface area (Å²) in [6, 6.07) is 4.08. The van der Waals surface area contributed by atoms with Crippen LogP contribution in [0.15, 0.2) is 12.1 Å². The van der Waals surface area contributed by atoms with Gasteiger partial charge in [0.1, 0.15) is 5.75 Å². The number of ether oxygens (including phenoxy) is 1. The molecular formula is C12H19NO. The highest BCUT2D eigenvalue weighted by molar-refractivity contribution is 5.57. The van der Waals surface area contributed by atoms with Gasteiger partial charge in [-0.05, 0) is 43.0 Å². The highest BCUT2D eigenvalue weighted by atomic mass is 16.5. The van der Waals surface area contributed by atoms with Crippen LogP contribution in [-0.2, 0) is 12.8 Å². The first-order valence-corrected chi connectivity index (χ1v) is 5.26. The van der Waals surface area contributed by atoms with Crippen molar-refractivity contribution in [2.24, 2.45) is 0 Å². The van der Waals surface area contributed by atoms with Gasteiger partial charge in [-0.1, -0.05) is 13.8 Å². The largest absolute Gasteiger partial charge is 0.494 e. The van der Waals surface area contributed by atoms with E-state index in [1.165, 1.54) is 11.1 Å². The van der Waals surface area contributed by atoms with Gasteiger partial charge in [-0.25, -0.2) is 0 Å². The average molecular weight is 193 g/mol. The van der Waals surface area contributed by atoms with Crippen LogP contribution < -0.4 is 10.5 Å². The summed E-state index contributed by atoms with van der Waals surface area (Å²) in [5.74, 6) is 0.940. The summed E-state index contributed by atoms with van der Waals surface area (Å²) in [6.07, 6.45) is 1.92. The number of anilines is 1. The number of benzene rings is 1. The fraction of sp³-hybridized carbons (Fsp3) is 0.500. The van der Waals surface area contributed by atoms with Crippen molar-refractivity contribution >= 4 is 5.69 Å². The summed E-state index contributed by atoms with van der Waals surface area (Å²) in [6.45, 7) is 6.92. The first kappa shape index (κ1) is 10.9. The van der Waals surface area contributed by atoms with Gasteiger partial charge >= 0.3 is 0 Å². The zero-order valence-electron chi connectivity index (χ0n) is 9.26. The van der Waals surface area contributed by atoms with E-state index >= 15 is 0 Å². The van der Waals surface area contributed by atoms with Crippen molar-refractivity contribution in [3.8, 4) is 5.75 Å². The van der Waals surface area contributed by atoms with Gasteiger partial charge in [-0.2, -0.15) is 0 Å². The molecule has 1 aromatic rings. The first-order chi connectivity index (χ1) is 6.72. The fourth-order valence-electron chi connectivity index (χ4n) is 1.58. The Bertz CT molecular complexity index is 282. The molecule has 0 radical (unpaired) electrons. The molecule has 0 saturated carbocycles. The van der Waals surface area contributed by atoms with E-state index in [1.54, 1.807) is 0 Å². The summed E-state index contributed by atoms with van der Waals surface area (Å²) in [5.41, 5.74) is 9.32. The Morgan fingerprint density at radius 3 is 1.93 bits per heavy atom. The fourth-order valence-corrected chi connectivity index (χ4v) is 1.58. The molecule has 1 aromatic carbocycles. The van der Waals surface area contributed by atoms with Gasteiger partial charge < -0.3 is 10.5 Å². The SMILES string of the molecule is CCOc1cc(CC)c(N)c(CC)c1. The van der Waals surface area contributed by atoms with E-state index in [9.17, 15) is 0 Å². The van der Waals surface area contributed by atoms with Crippen LogP contribution in [0.4, 0.5) is 5.69 Å². The Balaban J connectivity index is 3.11. The maximum absolute atomic E-state index is 6.01. The number of rotatable bonds is 4. The second-order valence-corrected chi connectivity index (χ2v) is 3.30. The summed E-state index contributed by atoms with van der Waals surface area (Å²) in [7, 11) is 0. The highest BCUT2D eigenvalue weighted by Gasteiger charge is 2.05. The Kier molecular flexibility index (Phi) is 3.81. The van der Waals surface area contributed by atoms with Gasteiger partial charge in [0, 0.05) is 5.69 Å². The summed E-state index contributed by atoms with van der Waals surface area (Å²) in [4.78, 5) is 0. The molecule has 0 unspecified atom stereocenters. The number of hydrogen-bond acceptors (Lipinski definition) is 2. The number of hydrogen-bond donors (Lipinski definition) is 1. The predicted molar refractivity (Wildman–Crippen MR) is 60.8 cm³/mol. The van der Waals surface area contributed by atoms with Gasteiger partial charge in [0.2, 0.25) is 0 Å². The molecule has 14 heavy (non-hydrogen) atoms. The van der Waals surface area contributed by atoms with Gasteiger partial charge in [0.15, 0.2) is 0 Å². The molecule has 0 bridgehead atoms. The molecule has 0 saturated heterocycles. The topological polar surface area (TPSA) is 35.2 Å². The molecule has 78 valence electrons. The average Bonchev–Trinajstić information content (AvgIpc) is 2.20. The predicted octanol–water partition coefficient (Wildman–Crippen LogP) is 2.79. The van der Waals surface area contributed by atoms with Crippen LogP contribution in [0.3, 0.4) is 0 Å². The summed E-state index contributed by atoms with van der Waals surface area (Å²) < 4.78 is 5.49. The maximum Gasteiger partial charge on any atom is 0.119 e. The van der Waals surface area contributed by atoms with Crippen LogP contribution >= 0.6 is 0 Å². The minimum atomic E-state index is 0.705. The minimum Gasteiger partial charge on any atom is -0.494 e. The molecule has 0 aliphatic heterocycles. The van der Waals surface area contributed by atoms with Crippen LogP contribution in [0.5, 0.6) is 5.75 Å². The van der Waals surface area contributed by atoms with Gasteiger partial charge in [-0.3, -0.25) is 0 Å². The number of nitrogens with two attached hydrogens (primary N) is 1. The molecule has 0 aliphatic rings. The Morgan fingerprint density at radius 2 is 1.57 bits per heavy atom. The molecule has 0 spiro atoms. The quantitative estimate of drug-likeness (QED) is 0.746. The normalized spacial score (nSPS) is 10.2.